The maximum absolute atomic E-state index is 11.3. The highest BCUT2D eigenvalue weighted by molar-refractivity contribution is 8.00. The third kappa shape index (κ3) is 2.35. The van der Waals surface area contributed by atoms with Gasteiger partial charge in [-0.05, 0) is 0 Å². The Kier molecular flexibility index (Phi) is 3.39. The van der Waals surface area contributed by atoms with Gasteiger partial charge in [0.2, 0.25) is 0 Å². The fourth-order valence-corrected chi connectivity index (χ4v) is 3.37. The van der Waals surface area contributed by atoms with Crippen LogP contribution in [0.25, 0.3) is 0 Å². The Labute approximate surface area is 77.9 Å². The lowest BCUT2D eigenvalue weighted by atomic mass is 10.4. The molecule has 72 valence electrons. The van der Waals surface area contributed by atoms with Gasteiger partial charge in [-0.3, -0.25) is 0 Å². The molecule has 6 heteroatoms. The minimum Gasteiger partial charge on any atom is -0.205 e. The van der Waals surface area contributed by atoms with Crippen molar-refractivity contribution in [1.82, 2.24) is 9.03 Å². The van der Waals surface area contributed by atoms with Crippen molar-refractivity contribution >= 4 is 22.0 Å². The molecule has 0 radical (unpaired) electrons. The van der Waals surface area contributed by atoms with Gasteiger partial charge in [-0.25, -0.2) is 4.72 Å². The number of rotatable bonds is 2. The molecule has 0 bridgehead atoms. The third-order valence-electron chi connectivity index (χ3n) is 1.80. The molecule has 1 aliphatic rings. The van der Waals surface area contributed by atoms with E-state index in [2.05, 4.69) is 4.72 Å². The van der Waals surface area contributed by atoms with Crippen molar-refractivity contribution < 1.29 is 8.42 Å². The van der Waals surface area contributed by atoms with Crippen molar-refractivity contribution in [3.8, 4) is 0 Å². The average molecular weight is 210 g/mol. The molecule has 1 atom stereocenters. The van der Waals surface area contributed by atoms with Crippen LogP contribution in [0.5, 0.6) is 0 Å². The molecule has 1 aliphatic heterocycles. The smallest absolute Gasteiger partial charge is 0.205 e. The van der Waals surface area contributed by atoms with Crippen molar-refractivity contribution in [1.29, 1.82) is 0 Å². The first-order valence-corrected chi connectivity index (χ1v) is 6.35. The Morgan fingerprint density at radius 3 is 2.75 bits per heavy atom. The zero-order valence-electron chi connectivity index (χ0n) is 7.28. The standard InChI is InChI=1S/C6H14N2O2S2/c1-6-5-8(3-4-11-6)12(9,10)7-2/h6-7H,3-5H2,1-2H3. The van der Waals surface area contributed by atoms with Crippen LogP contribution in [0, 0.1) is 0 Å². The van der Waals surface area contributed by atoms with Crippen LogP contribution in [0.2, 0.25) is 0 Å². The van der Waals surface area contributed by atoms with Gasteiger partial charge < -0.3 is 0 Å². The van der Waals surface area contributed by atoms with Gasteiger partial charge in [0, 0.05) is 31.1 Å². The SMILES string of the molecule is CNS(=O)(=O)N1CCSC(C)C1. The van der Waals surface area contributed by atoms with Crippen LogP contribution in [-0.4, -0.2) is 43.9 Å². The zero-order valence-corrected chi connectivity index (χ0v) is 8.91. The molecule has 0 aromatic heterocycles. The normalized spacial score (nSPS) is 27.3. The van der Waals surface area contributed by atoms with Crippen molar-refractivity contribution in [2.75, 3.05) is 25.9 Å². The van der Waals surface area contributed by atoms with Crippen LogP contribution in [0.3, 0.4) is 0 Å². The van der Waals surface area contributed by atoms with Crippen LogP contribution in [0.1, 0.15) is 6.92 Å². The summed E-state index contributed by atoms with van der Waals surface area (Å²) < 4.78 is 26.4. The van der Waals surface area contributed by atoms with Crippen molar-refractivity contribution in [2.24, 2.45) is 0 Å². The molecule has 0 aromatic rings. The van der Waals surface area contributed by atoms with E-state index in [1.54, 1.807) is 0 Å². The Morgan fingerprint density at radius 2 is 2.25 bits per heavy atom. The van der Waals surface area contributed by atoms with E-state index >= 15 is 0 Å². The molecule has 1 saturated heterocycles. The molecule has 0 aliphatic carbocycles. The lowest BCUT2D eigenvalue weighted by Crippen LogP contribution is -2.45. The molecule has 0 saturated carbocycles. The molecule has 1 rings (SSSR count). The van der Waals surface area contributed by atoms with Gasteiger partial charge in [0.15, 0.2) is 0 Å². The van der Waals surface area contributed by atoms with Crippen molar-refractivity contribution in [3.63, 3.8) is 0 Å². The molecule has 0 aromatic carbocycles. The lowest BCUT2D eigenvalue weighted by molar-refractivity contribution is 0.418. The van der Waals surface area contributed by atoms with Gasteiger partial charge in [-0.15, -0.1) is 0 Å². The van der Waals surface area contributed by atoms with E-state index in [-0.39, 0.29) is 0 Å². The Hall–Kier alpha value is 0.220. The number of hydrogen-bond donors (Lipinski definition) is 1. The summed E-state index contributed by atoms with van der Waals surface area (Å²) in [7, 11) is -1.74. The molecule has 1 fully saturated rings. The summed E-state index contributed by atoms with van der Waals surface area (Å²) in [4.78, 5) is 0. The first-order chi connectivity index (χ1) is 5.56. The topological polar surface area (TPSA) is 49.4 Å². The average Bonchev–Trinajstić information content (AvgIpc) is 2.05. The van der Waals surface area contributed by atoms with E-state index in [9.17, 15) is 8.42 Å². The van der Waals surface area contributed by atoms with E-state index < -0.39 is 10.2 Å². The first kappa shape index (κ1) is 10.3. The summed E-state index contributed by atoms with van der Waals surface area (Å²) in [5.41, 5.74) is 0. The van der Waals surface area contributed by atoms with Crippen LogP contribution in [0.15, 0.2) is 0 Å². The number of hydrogen-bond acceptors (Lipinski definition) is 3. The Balaban J connectivity index is 2.63. The second-order valence-corrected chi connectivity index (χ2v) is 6.17. The predicted molar refractivity (Wildman–Crippen MR) is 51.5 cm³/mol. The number of thioether (sulfide) groups is 1. The minimum atomic E-state index is -3.18. The zero-order chi connectivity index (χ0) is 9.19. The fraction of sp³-hybridized carbons (Fsp3) is 1.00. The second-order valence-electron chi connectivity index (χ2n) is 2.75. The third-order valence-corrected chi connectivity index (χ3v) is 4.47. The highest BCUT2D eigenvalue weighted by Crippen LogP contribution is 2.19. The van der Waals surface area contributed by atoms with E-state index in [0.29, 0.717) is 18.3 Å². The van der Waals surface area contributed by atoms with Gasteiger partial charge in [0.05, 0.1) is 0 Å². The summed E-state index contributed by atoms with van der Waals surface area (Å²) in [6.07, 6.45) is 0. The lowest BCUT2D eigenvalue weighted by Gasteiger charge is -2.28. The van der Waals surface area contributed by atoms with Crippen LogP contribution < -0.4 is 4.72 Å². The van der Waals surface area contributed by atoms with Gasteiger partial charge in [-0.1, -0.05) is 6.92 Å². The highest BCUT2D eigenvalue weighted by Gasteiger charge is 2.25. The van der Waals surface area contributed by atoms with Gasteiger partial charge in [0.1, 0.15) is 0 Å². The monoisotopic (exact) mass is 210 g/mol. The molecule has 12 heavy (non-hydrogen) atoms. The first-order valence-electron chi connectivity index (χ1n) is 3.86. The van der Waals surface area contributed by atoms with E-state index in [1.165, 1.54) is 11.4 Å². The van der Waals surface area contributed by atoms with Crippen molar-refractivity contribution in [2.45, 2.75) is 12.2 Å². The molecule has 1 heterocycles. The van der Waals surface area contributed by atoms with E-state index in [1.807, 2.05) is 18.7 Å². The summed E-state index contributed by atoms with van der Waals surface area (Å²) in [6.45, 7) is 3.29. The summed E-state index contributed by atoms with van der Waals surface area (Å²) in [6, 6.07) is 0. The predicted octanol–water partition coefficient (Wildman–Crippen LogP) is -0.112. The van der Waals surface area contributed by atoms with Gasteiger partial charge in [-0.2, -0.15) is 24.5 Å². The van der Waals surface area contributed by atoms with Crippen LogP contribution in [-0.2, 0) is 10.2 Å². The summed E-state index contributed by atoms with van der Waals surface area (Å²) >= 11 is 1.81. The number of nitrogens with one attached hydrogen (secondary N) is 1. The molecular formula is C6H14N2O2S2. The molecule has 0 amide bonds. The van der Waals surface area contributed by atoms with Crippen LogP contribution >= 0.6 is 11.8 Å². The molecular weight excluding hydrogens is 196 g/mol. The van der Waals surface area contributed by atoms with Gasteiger partial charge in [0.25, 0.3) is 10.2 Å². The number of nitrogens with zero attached hydrogens (tertiary/aromatic N) is 1. The fourth-order valence-electron chi connectivity index (χ4n) is 1.13. The summed E-state index contributed by atoms with van der Waals surface area (Å²) in [5, 5.41) is 0.405. The Bertz CT molecular complexity index is 240. The largest absolute Gasteiger partial charge is 0.279 e. The van der Waals surface area contributed by atoms with Gasteiger partial charge >= 0.3 is 0 Å². The molecule has 0 spiro atoms. The van der Waals surface area contributed by atoms with E-state index in [4.69, 9.17) is 0 Å². The highest BCUT2D eigenvalue weighted by atomic mass is 32.2. The van der Waals surface area contributed by atoms with Crippen molar-refractivity contribution in [3.05, 3.63) is 0 Å². The maximum Gasteiger partial charge on any atom is 0.279 e. The minimum absolute atomic E-state index is 0.405. The molecule has 1 unspecified atom stereocenters. The van der Waals surface area contributed by atoms with Crippen LogP contribution in [0.4, 0.5) is 0 Å². The quantitative estimate of drug-likeness (QED) is 0.692. The molecule has 4 nitrogen and oxygen atoms in total. The van der Waals surface area contributed by atoms with E-state index in [0.717, 1.165) is 5.75 Å². The Morgan fingerprint density at radius 1 is 1.58 bits per heavy atom. The summed E-state index contributed by atoms with van der Waals surface area (Å²) in [5.74, 6) is 0.891. The molecule has 1 N–H and O–H groups in total. The second kappa shape index (κ2) is 3.95. The maximum atomic E-state index is 11.3.